The summed E-state index contributed by atoms with van der Waals surface area (Å²) in [6.45, 7) is 3.62. The molecule has 1 aliphatic carbocycles. The molecule has 3 rings (SSSR count). The highest BCUT2D eigenvalue weighted by molar-refractivity contribution is 7.88. The summed E-state index contributed by atoms with van der Waals surface area (Å²) in [5.74, 6) is 1.56. The second kappa shape index (κ2) is 3.89. The van der Waals surface area contributed by atoms with Crippen molar-refractivity contribution in [3.63, 3.8) is 0 Å². The fraction of sp³-hybridized carbons (Fsp3) is 0.636. The van der Waals surface area contributed by atoms with Crippen LogP contribution in [0.4, 0.5) is 5.95 Å². The van der Waals surface area contributed by atoms with Gasteiger partial charge < -0.3 is 4.90 Å². The van der Waals surface area contributed by atoms with Crippen LogP contribution in [0.25, 0.3) is 0 Å². The summed E-state index contributed by atoms with van der Waals surface area (Å²) in [6.07, 6.45) is 4.82. The molecule has 0 spiro atoms. The number of rotatable bonds is 3. The van der Waals surface area contributed by atoms with E-state index in [1.807, 2.05) is 6.92 Å². The number of hydrogen-bond acceptors (Lipinski definition) is 5. The van der Waals surface area contributed by atoms with Gasteiger partial charge in [0.1, 0.15) is 0 Å². The Balaban J connectivity index is 1.62. The Morgan fingerprint density at radius 2 is 1.83 bits per heavy atom. The standard InChI is InChI=1S/C11H16N4O2S/c1-7-3-12-11(13-4-7)15-5-8-9(6-15)10(8)14-18(2,16)17/h3-4,8-10,14H,5-6H2,1-2H3/t8-,9+,10?. The van der Waals surface area contributed by atoms with Crippen molar-refractivity contribution in [2.45, 2.75) is 13.0 Å². The van der Waals surface area contributed by atoms with E-state index < -0.39 is 10.0 Å². The van der Waals surface area contributed by atoms with Crippen LogP contribution in [0, 0.1) is 18.8 Å². The highest BCUT2D eigenvalue weighted by Gasteiger charge is 2.57. The van der Waals surface area contributed by atoms with Gasteiger partial charge in [-0.2, -0.15) is 0 Å². The average Bonchev–Trinajstić information content (AvgIpc) is 2.74. The van der Waals surface area contributed by atoms with Crippen molar-refractivity contribution in [1.29, 1.82) is 0 Å². The maximum atomic E-state index is 11.2. The van der Waals surface area contributed by atoms with Gasteiger partial charge in [-0.05, 0) is 24.3 Å². The molecule has 1 N–H and O–H groups in total. The molecule has 98 valence electrons. The van der Waals surface area contributed by atoms with Gasteiger partial charge in [0.15, 0.2) is 0 Å². The van der Waals surface area contributed by atoms with E-state index in [1.165, 1.54) is 6.26 Å². The zero-order valence-electron chi connectivity index (χ0n) is 10.4. The van der Waals surface area contributed by atoms with E-state index in [-0.39, 0.29) is 6.04 Å². The van der Waals surface area contributed by atoms with Crippen molar-refractivity contribution >= 4 is 16.0 Å². The third-order valence-electron chi connectivity index (χ3n) is 3.59. The van der Waals surface area contributed by atoms with Crippen LogP contribution >= 0.6 is 0 Å². The minimum atomic E-state index is -3.09. The van der Waals surface area contributed by atoms with Gasteiger partial charge in [-0.15, -0.1) is 0 Å². The van der Waals surface area contributed by atoms with Crippen molar-refractivity contribution < 1.29 is 8.42 Å². The third kappa shape index (κ3) is 2.20. The van der Waals surface area contributed by atoms with Gasteiger partial charge >= 0.3 is 0 Å². The van der Waals surface area contributed by atoms with Crippen LogP contribution in [0.2, 0.25) is 0 Å². The van der Waals surface area contributed by atoms with E-state index >= 15 is 0 Å². The lowest BCUT2D eigenvalue weighted by molar-refractivity contribution is 0.576. The molecular formula is C11H16N4O2S. The molecule has 0 aromatic carbocycles. The molecule has 2 aliphatic rings. The molecule has 1 unspecified atom stereocenters. The number of nitrogens with one attached hydrogen (secondary N) is 1. The fourth-order valence-corrected chi connectivity index (χ4v) is 3.50. The van der Waals surface area contributed by atoms with Crippen LogP contribution in [0.3, 0.4) is 0 Å². The number of aromatic nitrogens is 2. The van der Waals surface area contributed by atoms with Gasteiger partial charge in [0.2, 0.25) is 16.0 Å². The smallest absolute Gasteiger partial charge is 0.225 e. The summed E-state index contributed by atoms with van der Waals surface area (Å²) in [5.41, 5.74) is 1.04. The van der Waals surface area contributed by atoms with Crippen molar-refractivity contribution in [3.05, 3.63) is 18.0 Å². The van der Waals surface area contributed by atoms with E-state index in [4.69, 9.17) is 0 Å². The van der Waals surface area contributed by atoms with E-state index in [9.17, 15) is 8.42 Å². The lowest BCUT2D eigenvalue weighted by atomic mass is 10.4. The lowest BCUT2D eigenvalue weighted by Gasteiger charge is -2.19. The number of hydrogen-bond donors (Lipinski definition) is 1. The van der Waals surface area contributed by atoms with Gasteiger partial charge in [0.05, 0.1) is 6.26 Å². The Kier molecular flexibility index (Phi) is 2.56. The summed E-state index contributed by atoms with van der Waals surface area (Å²) in [5, 5.41) is 0. The first-order valence-corrected chi connectivity index (χ1v) is 7.84. The average molecular weight is 268 g/mol. The molecule has 3 atom stereocenters. The van der Waals surface area contributed by atoms with Gasteiger partial charge in [-0.3, -0.25) is 0 Å². The van der Waals surface area contributed by atoms with Crippen LogP contribution in [0.5, 0.6) is 0 Å². The normalized spacial score (nSPS) is 30.3. The molecule has 0 bridgehead atoms. The number of sulfonamides is 1. The van der Waals surface area contributed by atoms with Gasteiger partial charge in [0, 0.05) is 31.5 Å². The summed E-state index contributed by atoms with van der Waals surface area (Å²) < 4.78 is 25.0. The second-order valence-corrected chi connectivity index (χ2v) is 6.99. The quantitative estimate of drug-likeness (QED) is 0.819. The van der Waals surface area contributed by atoms with E-state index in [0.29, 0.717) is 11.8 Å². The van der Waals surface area contributed by atoms with Crippen LogP contribution in [-0.2, 0) is 10.0 Å². The monoisotopic (exact) mass is 268 g/mol. The summed E-state index contributed by atoms with van der Waals surface area (Å²) in [7, 11) is -3.09. The Labute approximate surface area is 106 Å². The number of nitrogens with zero attached hydrogens (tertiary/aromatic N) is 3. The maximum Gasteiger partial charge on any atom is 0.225 e. The highest BCUT2D eigenvalue weighted by Crippen LogP contribution is 2.46. The third-order valence-corrected chi connectivity index (χ3v) is 4.29. The molecule has 1 saturated carbocycles. The van der Waals surface area contributed by atoms with E-state index in [0.717, 1.165) is 24.6 Å². The van der Waals surface area contributed by atoms with E-state index in [2.05, 4.69) is 19.6 Å². The molecular weight excluding hydrogens is 252 g/mol. The number of anilines is 1. The Morgan fingerprint density at radius 1 is 1.28 bits per heavy atom. The first-order chi connectivity index (χ1) is 8.44. The Bertz CT molecular complexity index is 545. The molecule has 1 aromatic rings. The lowest BCUT2D eigenvalue weighted by Crippen LogP contribution is -2.34. The largest absolute Gasteiger partial charge is 0.340 e. The first-order valence-electron chi connectivity index (χ1n) is 5.95. The van der Waals surface area contributed by atoms with Crippen molar-refractivity contribution in [2.75, 3.05) is 24.2 Å². The molecule has 6 nitrogen and oxygen atoms in total. The minimum Gasteiger partial charge on any atom is -0.340 e. The number of fused-ring (bicyclic) bond motifs is 1. The number of piperidine rings is 1. The maximum absolute atomic E-state index is 11.2. The van der Waals surface area contributed by atoms with Crippen LogP contribution in [-0.4, -0.2) is 43.8 Å². The Morgan fingerprint density at radius 3 is 2.33 bits per heavy atom. The van der Waals surface area contributed by atoms with Crippen molar-refractivity contribution in [1.82, 2.24) is 14.7 Å². The molecule has 1 aliphatic heterocycles. The predicted molar refractivity (Wildman–Crippen MR) is 67.7 cm³/mol. The molecule has 1 saturated heterocycles. The summed E-state index contributed by atoms with van der Waals surface area (Å²) >= 11 is 0. The molecule has 7 heteroatoms. The predicted octanol–water partition coefficient (Wildman–Crippen LogP) is -0.231. The van der Waals surface area contributed by atoms with Crippen molar-refractivity contribution in [2.24, 2.45) is 11.8 Å². The van der Waals surface area contributed by atoms with Crippen molar-refractivity contribution in [3.8, 4) is 0 Å². The van der Waals surface area contributed by atoms with Crippen LogP contribution in [0.15, 0.2) is 12.4 Å². The van der Waals surface area contributed by atoms with Gasteiger partial charge in [-0.1, -0.05) is 0 Å². The SMILES string of the molecule is Cc1cnc(N2C[C@@H]3C(NS(C)(=O)=O)[C@@H]3C2)nc1. The molecule has 0 amide bonds. The zero-order valence-corrected chi connectivity index (χ0v) is 11.2. The van der Waals surface area contributed by atoms with Crippen LogP contribution < -0.4 is 9.62 Å². The van der Waals surface area contributed by atoms with Crippen LogP contribution in [0.1, 0.15) is 5.56 Å². The van der Waals surface area contributed by atoms with Gasteiger partial charge in [-0.25, -0.2) is 23.1 Å². The first kappa shape index (κ1) is 11.9. The van der Waals surface area contributed by atoms with E-state index in [1.54, 1.807) is 12.4 Å². The topological polar surface area (TPSA) is 75.2 Å². The molecule has 1 aromatic heterocycles. The molecule has 2 fully saturated rings. The molecule has 18 heavy (non-hydrogen) atoms. The number of aryl methyl sites for hydroxylation is 1. The summed E-state index contributed by atoms with van der Waals surface area (Å²) in [4.78, 5) is 10.7. The zero-order chi connectivity index (χ0) is 12.9. The molecule has 0 radical (unpaired) electrons. The fourth-order valence-electron chi connectivity index (χ4n) is 2.66. The highest BCUT2D eigenvalue weighted by atomic mass is 32.2. The Hall–Kier alpha value is -1.21. The minimum absolute atomic E-state index is 0.113. The molecule has 2 heterocycles. The van der Waals surface area contributed by atoms with Gasteiger partial charge in [0.25, 0.3) is 0 Å². The second-order valence-electron chi connectivity index (χ2n) is 5.21. The summed E-state index contributed by atoms with van der Waals surface area (Å²) in [6, 6.07) is 0.113.